The fraction of sp³-hybridized carbons (Fsp3) is 0.250. The normalized spacial score (nSPS) is 10.8. The van der Waals surface area contributed by atoms with Crippen molar-refractivity contribution in [2.75, 3.05) is 0 Å². The van der Waals surface area contributed by atoms with Gasteiger partial charge >= 0.3 is 5.76 Å². The van der Waals surface area contributed by atoms with E-state index < -0.39 is 5.76 Å². The van der Waals surface area contributed by atoms with Crippen molar-refractivity contribution in [2.45, 2.75) is 13.3 Å². The van der Waals surface area contributed by atoms with Crippen LogP contribution in [0.25, 0.3) is 10.3 Å². The molecule has 2 heterocycles. The van der Waals surface area contributed by atoms with Gasteiger partial charge in [0.05, 0.1) is 10.4 Å². The van der Waals surface area contributed by atoms with Crippen molar-refractivity contribution in [1.82, 2.24) is 4.98 Å². The van der Waals surface area contributed by atoms with E-state index >= 15 is 0 Å². The first kappa shape index (κ1) is 7.49. The fourth-order valence-corrected chi connectivity index (χ4v) is 1.99. The van der Waals surface area contributed by atoms with Crippen LogP contribution in [0.2, 0.25) is 0 Å². The second kappa shape index (κ2) is 2.71. The summed E-state index contributed by atoms with van der Waals surface area (Å²) in [5.74, 6) is -0.502. The summed E-state index contributed by atoms with van der Waals surface area (Å²) in [6, 6.07) is 1.79. The molecule has 0 aromatic carbocycles. The molecule has 0 saturated carbocycles. The van der Waals surface area contributed by atoms with Gasteiger partial charge in [-0.25, -0.2) is 4.79 Å². The predicted octanol–water partition coefficient (Wildman–Crippen LogP) is 1.81. The first-order chi connectivity index (χ1) is 5.81. The summed E-state index contributed by atoms with van der Waals surface area (Å²) in [6.07, 6.45) is 0.766. The Morgan fingerprint density at radius 1 is 1.67 bits per heavy atom. The van der Waals surface area contributed by atoms with Gasteiger partial charge in [-0.3, -0.25) is 0 Å². The molecule has 0 amide bonds. The molecule has 4 heteroatoms. The summed E-state index contributed by atoms with van der Waals surface area (Å²) in [6.45, 7) is 1.97. The highest BCUT2D eigenvalue weighted by Gasteiger charge is 2.05. The van der Waals surface area contributed by atoms with E-state index in [1.54, 1.807) is 17.4 Å². The second-order valence-corrected chi connectivity index (χ2v) is 3.31. The topological polar surface area (TPSA) is 43.1 Å². The van der Waals surface area contributed by atoms with Gasteiger partial charge in [0, 0.05) is 0 Å². The lowest BCUT2D eigenvalue weighted by Gasteiger charge is -1.93. The van der Waals surface area contributed by atoms with Crippen LogP contribution in [0.3, 0.4) is 0 Å². The summed E-state index contributed by atoms with van der Waals surface area (Å²) in [7, 11) is 0. The number of aryl methyl sites for hydroxylation is 1. The molecule has 0 aliphatic heterocycles. The largest absolute Gasteiger partial charge is 0.439 e. The highest BCUT2D eigenvalue weighted by atomic mass is 32.1. The van der Waals surface area contributed by atoms with Gasteiger partial charge in [-0.15, -0.1) is 11.3 Å². The van der Waals surface area contributed by atoms with Crippen LogP contribution in [0, 0.1) is 0 Å². The molecule has 0 atom stereocenters. The van der Waals surface area contributed by atoms with Gasteiger partial charge in [0.25, 0.3) is 0 Å². The number of aromatic nitrogens is 1. The minimum absolute atomic E-state index is 0.502. The monoisotopic (exact) mass is 181 g/mol. The van der Waals surface area contributed by atoms with Crippen LogP contribution in [0.15, 0.2) is 20.7 Å². The van der Waals surface area contributed by atoms with Crippen molar-refractivity contribution in [3.05, 3.63) is 27.7 Å². The van der Waals surface area contributed by atoms with Gasteiger partial charge in [-0.2, -0.15) is 4.98 Å². The van der Waals surface area contributed by atoms with E-state index in [2.05, 4.69) is 4.98 Å². The van der Waals surface area contributed by atoms with Gasteiger partial charge in [-0.05, 0) is 17.9 Å². The molecule has 12 heavy (non-hydrogen) atoms. The zero-order valence-corrected chi connectivity index (χ0v) is 7.35. The molecule has 0 unspecified atom stereocenters. The lowest BCUT2D eigenvalue weighted by atomic mass is 10.3. The minimum Gasteiger partial charge on any atom is -0.407 e. The molecule has 2 aromatic rings. The van der Waals surface area contributed by atoms with Crippen molar-refractivity contribution in [3.8, 4) is 0 Å². The molecule has 62 valence electrons. The molecule has 2 aromatic heterocycles. The quantitative estimate of drug-likeness (QED) is 0.673. The molecule has 3 nitrogen and oxygen atoms in total. The van der Waals surface area contributed by atoms with Gasteiger partial charge in [0.15, 0.2) is 5.58 Å². The molecule has 0 fully saturated rings. The van der Waals surface area contributed by atoms with Crippen molar-refractivity contribution < 1.29 is 4.42 Å². The van der Waals surface area contributed by atoms with E-state index in [0.29, 0.717) is 5.58 Å². The van der Waals surface area contributed by atoms with Crippen LogP contribution in [0.4, 0.5) is 0 Å². The Morgan fingerprint density at radius 3 is 3.25 bits per heavy atom. The zero-order chi connectivity index (χ0) is 8.55. The molecule has 0 saturated heterocycles. The molecule has 0 spiro atoms. The third-order valence-electron chi connectivity index (χ3n) is 1.65. The van der Waals surface area contributed by atoms with Crippen LogP contribution in [0.5, 0.6) is 0 Å². The SMILES string of the molecule is CCc1nc(=O)oc2ccsc12. The average molecular weight is 181 g/mol. The summed E-state index contributed by atoms with van der Waals surface area (Å²) in [5.41, 5.74) is 1.48. The standard InChI is InChI=1S/C8H7NO2S/c1-2-5-7-6(3-4-12-7)11-8(10)9-5/h3-4H,2H2,1H3. The van der Waals surface area contributed by atoms with Crippen LogP contribution in [-0.2, 0) is 6.42 Å². The smallest absolute Gasteiger partial charge is 0.407 e. The van der Waals surface area contributed by atoms with Gasteiger partial charge in [0.2, 0.25) is 0 Å². The van der Waals surface area contributed by atoms with E-state index in [0.717, 1.165) is 16.8 Å². The Bertz CT molecular complexity index is 457. The number of thiophene rings is 1. The summed E-state index contributed by atoms with van der Waals surface area (Å²) in [4.78, 5) is 14.7. The van der Waals surface area contributed by atoms with Gasteiger partial charge in [-0.1, -0.05) is 6.92 Å². The molecule has 0 bridgehead atoms. The number of hydrogen-bond acceptors (Lipinski definition) is 4. The van der Waals surface area contributed by atoms with Crippen molar-refractivity contribution in [3.63, 3.8) is 0 Å². The molecule has 0 radical (unpaired) electrons. The number of hydrogen-bond donors (Lipinski definition) is 0. The van der Waals surface area contributed by atoms with E-state index in [4.69, 9.17) is 4.42 Å². The van der Waals surface area contributed by atoms with Crippen LogP contribution < -0.4 is 5.76 Å². The van der Waals surface area contributed by atoms with E-state index in [9.17, 15) is 4.79 Å². The second-order valence-electron chi connectivity index (χ2n) is 2.39. The zero-order valence-electron chi connectivity index (χ0n) is 6.53. The Morgan fingerprint density at radius 2 is 2.50 bits per heavy atom. The maximum absolute atomic E-state index is 10.9. The maximum atomic E-state index is 10.9. The molecule has 0 N–H and O–H groups in total. The van der Waals surface area contributed by atoms with Crippen molar-refractivity contribution >= 4 is 21.6 Å². The first-order valence-electron chi connectivity index (χ1n) is 3.68. The first-order valence-corrected chi connectivity index (χ1v) is 4.56. The lowest BCUT2D eigenvalue weighted by molar-refractivity contribution is 0.528. The van der Waals surface area contributed by atoms with E-state index in [1.165, 1.54) is 0 Å². The Hall–Kier alpha value is -1.16. The highest BCUT2D eigenvalue weighted by Crippen LogP contribution is 2.21. The number of fused-ring (bicyclic) bond motifs is 1. The van der Waals surface area contributed by atoms with Crippen LogP contribution in [0.1, 0.15) is 12.6 Å². The number of nitrogens with zero attached hydrogens (tertiary/aromatic N) is 1. The summed E-state index contributed by atoms with van der Waals surface area (Å²) < 4.78 is 5.87. The molecule has 2 rings (SSSR count). The van der Waals surface area contributed by atoms with E-state index in [-0.39, 0.29) is 0 Å². The van der Waals surface area contributed by atoms with Crippen molar-refractivity contribution in [2.24, 2.45) is 0 Å². The summed E-state index contributed by atoms with van der Waals surface area (Å²) in [5, 5.41) is 1.90. The van der Waals surface area contributed by atoms with Gasteiger partial charge in [0.1, 0.15) is 0 Å². The molecule has 0 aliphatic rings. The van der Waals surface area contributed by atoms with Crippen LogP contribution >= 0.6 is 11.3 Å². The highest BCUT2D eigenvalue weighted by molar-refractivity contribution is 7.17. The lowest BCUT2D eigenvalue weighted by Crippen LogP contribution is -2.05. The summed E-state index contributed by atoms with van der Waals surface area (Å²) >= 11 is 1.55. The van der Waals surface area contributed by atoms with Gasteiger partial charge < -0.3 is 4.42 Å². The van der Waals surface area contributed by atoms with E-state index in [1.807, 2.05) is 12.3 Å². The molecular formula is C8H7NO2S. The molecular weight excluding hydrogens is 174 g/mol. The van der Waals surface area contributed by atoms with Crippen LogP contribution in [-0.4, -0.2) is 4.98 Å². The Kier molecular flexibility index (Phi) is 1.69. The molecule has 0 aliphatic carbocycles. The third kappa shape index (κ3) is 1.04. The predicted molar refractivity (Wildman–Crippen MR) is 47.5 cm³/mol. The Labute approximate surface area is 72.7 Å². The third-order valence-corrected chi connectivity index (χ3v) is 2.59. The fourth-order valence-electron chi connectivity index (χ4n) is 1.11. The number of rotatable bonds is 1. The Balaban J connectivity index is 2.89. The minimum atomic E-state index is -0.502. The maximum Gasteiger partial charge on any atom is 0.439 e. The van der Waals surface area contributed by atoms with Crippen molar-refractivity contribution in [1.29, 1.82) is 0 Å². The average Bonchev–Trinajstić information content (AvgIpc) is 2.50.